The van der Waals surface area contributed by atoms with Gasteiger partial charge in [-0.2, -0.15) is 4.31 Å². The number of hydrogen-bond donors (Lipinski definition) is 1. The number of aryl methyl sites for hydroxylation is 1. The Hall–Kier alpha value is -2.71. The van der Waals surface area contributed by atoms with E-state index in [1.807, 2.05) is 31.2 Å². The van der Waals surface area contributed by atoms with Crippen molar-refractivity contribution in [2.45, 2.75) is 26.0 Å². The molecule has 1 N–H and O–H groups in total. The lowest BCUT2D eigenvalue weighted by atomic mass is 10.1. The van der Waals surface area contributed by atoms with Crippen molar-refractivity contribution in [3.63, 3.8) is 0 Å². The number of aromatic nitrogens is 2. The van der Waals surface area contributed by atoms with Crippen molar-refractivity contribution in [3.8, 4) is 17.1 Å². The summed E-state index contributed by atoms with van der Waals surface area (Å²) in [5, 5.41) is 10.8. The average Bonchev–Trinajstić information content (AvgIpc) is 2.73. The van der Waals surface area contributed by atoms with E-state index in [9.17, 15) is 13.5 Å². The lowest BCUT2D eigenvalue weighted by molar-refractivity contribution is 0.380. The van der Waals surface area contributed by atoms with Crippen LogP contribution >= 0.6 is 0 Å². The topological polar surface area (TPSA) is 86.6 Å². The minimum absolute atomic E-state index is 0.128. The molecule has 7 nitrogen and oxygen atoms in total. The van der Waals surface area contributed by atoms with E-state index < -0.39 is 15.3 Å². The van der Waals surface area contributed by atoms with Crippen LogP contribution in [-0.4, -0.2) is 59.2 Å². The van der Waals surface area contributed by atoms with Crippen molar-refractivity contribution in [2.75, 3.05) is 31.1 Å². The highest BCUT2D eigenvalue weighted by atomic mass is 32.2. The Morgan fingerprint density at radius 2 is 1.70 bits per heavy atom. The fourth-order valence-corrected chi connectivity index (χ4v) is 4.97. The van der Waals surface area contributed by atoms with E-state index in [-0.39, 0.29) is 5.75 Å². The molecule has 0 atom stereocenters. The molecule has 0 spiro atoms. The third-order valence-electron chi connectivity index (χ3n) is 5.47. The molecule has 0 aliphatic carbocycles. The van der Waals surface area contributed by atoms with Gasteiger partial charge in [0.1, 0.15) is 11.6 Å². The van der Waals surface area contributed by atoms with Gasteiger partial charge in [-0.1, -0.05) is 18.2 Å². The predicted molar refractivity (Wildman–Crippen MR) is 119 cm³/mol. The highest BCUT2D eigenvalue weighted by molar-refractivity contribution is 7.89. The molecule has 1 saturated heterocycles. The minimum atomic E-state index is -3.27. The number of hydrogen-bond acceptors (Lipinski definition) is 6. The van der Waals surface area contributed by atoms with E-state index in [2.05, 4.69) is 4.90 Å². The van der Waals surface area contributed by atoms with E-state index in [1.54, 1.807) is 36.4 Å². The second kappa shape index (κ2) is 7.85. The largest absolute Gasteiger partial charge is 0.507 e. The van der Waals surface area contributed by atoms with E-state index in [0.29, 0.717) is 37.6 Å². The van der Waals surface area contributed by atoms with Gasteiger partial charge in [0.05, 0.1) is 16.3 Å². The van der Waals surface area contributed by atoms with Crippen LogP contribution in [0.1, 0.15) is 19.4 Å². The number of rotatable bonds is 4. The second-order valence-electron chi connectivity index (χ2n) is 7.89. The van der Waals surface area contributed by atoms with Crippen molar-refractivity contribution in [1.82, 2.24) is 14.3 Å². The molecule has 1 fully saturated rings. The molecule has 0 unspecified atom stereocenters. The van der Waals surface area contributed by atoms with Gasteiger partial charge in [0.25, 0.3) is 0 Å². The highest BCUT2D eigenvalue weighted by Crippen LogP contribution is 2.32. The lowest BCUT2D eigenvalue weighted by Crippen LogP contribution is -2.50. The third-order valence-corrected chi connectivity index (χ3v) is 7.75. The summed E-state index contributed by atoms with van der Waals surface area (Å²) in [6.07, 6.45) is 0. The Bertz CT molecular complexity index is 1190. The monoisotopic (exact) mass is 426 g/mol. The molecule has 2 heterocycles. The summed E-state index contributed by atoms with van der Waals surface area (Å²) in [7, 11) is -3.27. The van der Waals surface area contributed by atoms with Gasteiger partial charge in [-0.15, -0.1) is 0 Å². The molecule has 0 amide bonds. The summed E-state index contributed by atoms with van der Waals surface area (Å²) in [5.41, 5.74) is 2.46. The molecular weight excluding hydrogens is 400 g/mol. The normalized spacial score (nSPS) is 15.8. The van der Waals surface area contributed by atoms with Crippen LogP contribution in [0.5, 0.6) is 5.75 Å². The van der Waals surface area contributed by atoms with Crippen molar-refractivity contribution in [3.05, 3.63) is 48.0 Å². The maximum absolute atomic E-state index is 12.5. The Balaban J connectivity index is 1.75. The van der Waals surface area contributed by atoms with Crippen LogP contribution in [0, 0.1) is 6.92 Å². The predicted octanol–water partition coefficient (Wildman–Crippen LogP) is 3.17. The number of anilines is 1. The molecule has 4 rings (SSSR count). The zero-order valence-electron chi connectivity index (χ0n) is 17.4. The summed E-state index contributed by atoms with van der Waals surface area (Å²) in [5.74, 6) is 1.35. The molecule has 0 saturated carbocycles. The lowest BCUT2D eigenvalue weighted by Gasteiger charge is -2.36. The number of fused-ring (bicyclic) bond motifs is 1. The number of aromatic hydroxyl groups is 1. The third kappa shape index (κ3) is 3.73. The Kier molecular flexibility index (Phi) is 5.38. The molecule has 2 aromatic carbocycles. The number of phenolic OH excluding ortho intramolecular Hbond substituents is 1. The average molecular weight is 427 g/mol. The van der Waals surface area contributed by atoms with Gasteiger partial charge in [-0.3, -0.25) is 0 Å². The first kappa shape index (κ1) is 20.6. The standard InChI is InChI=1S/C22H26N4O3S/c1-15(2)30(28,29)26-12-10-25(11-13-26)22-17-9-8-16(3)14-19(17)23-21(24-22)18-6-4-5-7-20(18)27/h4-9,14-15,27H,10-13H2,1-3H3. The van der Waals surface area contributed by atoms with E-state index in [1.165, 1.54) is 0 Å². The van der Waals surface area contributed by atoms with Crippen LogP contribution in [0.3, 0.4) is 0 Å². The summed E-state index contributed by atoms with van der Waals surface area (Å²) >= 11 is 0. The number of benzene rings is 2. The van der Waals surface area contributed by atoms with Gasteiger partial charge in [0.2, 0.25) is 10.0 Å². The quantitative estimate of drug-likeness (QED) is 0.690. The first-order valence-electron chi connectivity index (χ1n) is 10.1. The molecule has 1 aliphatic heterocycles. The molecular formula is C22H26N4O3S. The SMILES string of the molecule is Cc1ccc2c(N3CCN(S(=O)(=O)C(C)C)CC3)nc(-c3ccccc3O)nc2c1. The van der Waals surface area contributed by atoms with E-state index in [0.717, 1.165) is 22.3 Å². The maximum atomic E-state index is 12.5. The van der Waals surface area contributed by atoms with Gasteiger partial charge in [0, 0.05) is 31.6 Å². The number of piperazine rings is 1. The molecule has 3 aromatic rings. The zero-order valence-corrected chi connectivity index (χ0v) is 18.2. The summed E-state index contributed by atoms with van der Waals surface area (Å²) < 4.78 is 26.6. The van der Waals surface area contributed by atoms with Crippen molar-refractivity contribution >= 4 is 26.7 Å². The van der Waals surface area contributed by atoms with Crippen molar-refractivity contribution in [2.24, 2.45) is 0 Å². The fraction of sp³-hybridized carbons (Fsp3) is 0.364. The number of phenols is 1. The van der Waals surface area contributed by atoms with Crippen LogP contribution < -0.4 is 4.90 Å². The zero-order chi connectivity index (χ0) is 21.5. The van der Waals surface area contributed by atoms with Crippen LogP contribution in [0.4, 0.5) is 5.82 Å². The molecule has 1 aliphatic rings. The molecule has 30 heavy (non-hydrogen) atoms. The maximum Gasteiger partial charge on any atom is 0.216 e. The number of nitrogens with zero attached hydrogens (tertiary/aromatic N) is 4. The summed E-state index contributed by atoms with van der Waals surface area (Å²) in [6, 6.07) is 13.1. The van der Waals surface area contributed by atoms with Crippen molar-refractivity contribution < 1.29 is 13.5 Å². The van der Waals surface area contributed by atoms with Crippen LogP contribution in [0.15, 0.2) is 42.5 Å². The molecule has 158 valence electrons. The van der Waals surface area contributed by atoms with E-state index in [4.69, 9.17) is 9.97 Å². The van der Waals surface area contributed by atoms with Crippen molar-refractivity contribution in [1.29, 1.82) is 0 Å². The number of sulfonamides is 1. The van der Waals surface area contributed by atoms with Crippen LogP contribution in [0.2, 0.25) is 0 Å². The Morgan fingerprint density at radius 3 is 2.37 bits per heavy atom. The smallest absolute Gasteiger partial charge is 0.216 e. The molecule has 8 heteroatoms. The Labute approximate surface area is 177 Å². The van der Waals surface area contributed by atoms with E-state index >= 15 is 0 Å². The highest BCUT2D eigenvalue weighted by Gasteiger charge is 2.30. The number of para-hydroxylation sites is 1. The molecule has 0 bridgehead atoms. The van der Waals surface area contributed by atoms with Gasteiger partial charge < -0.3 is 10.0 Å². The van der Waals surface area contributed by atoms with Gasteiger partial charge >= 0.3 is 0 Å². The molecule has 0 radical (unpaired) electrons. The summed E-state index contributed by atoms with van der Waals surface area (Å²) in [6.45, 7) is 7.36. The summed E-state index contributed by atoms with van der Waals surface area (Å²) in [4.78, 5) is 11.6. The second-order valence-corrected chi connectivity index (χ2v) is 10.4. The minimum Gasteiger partial charge on any atom is -0.507 e. The first-order valence-corrected chi connectivity index (χ1v) is 11.6. The Morgan fingerprint density at radius 1 is 1.00 bits per heavy atom. The van der Waals surface area contributed by atoms with Crippen LogP contribution in [0.25, 0.3) is 22.3 Å². The molecule has 1 aromatic heterocycles. The van der Waals surface area contributed by atoms with Gasteiger partial charge in [0.15, 0.2) is 5.82 Å². The first-order chi connectivity index (χ1) is 14.3. The van der Waals surface area contributed by atoms with Gasteiger partial charge in [-0.25, -0.2) is 18.4 Å². The van der Waals surface area contributed by atoms with Gasteiger partial charge in [-0.05, 0) is 50.6 Å². The van der Waals surface area contributed by atoms with Crippen LogP contribution in [-0.2, 0) is 10.0 Å². The fourth-order valence-electron chi connectivity index (χ4n) is 3.70.